The van der Waals surface area contributed by atoms with Gasteiger partial charge in [0.25, 0.3) is 5.91 Å². The van der Waals surface area contributed by atoms with E-state index in [4.69, 9.17) is 11.6 Å². The summed E-state index contributed by atoms with van der Waals surface area (Å²) >= 11 is 5.95. The first-order valence-electron chi connectivity index (χ1n) is 10.6. The SMILES string of the molecule is O=C(c1ccc(Cl)cc1)c1ccccc1C(=O)N1CCCC(c2nnc3ccccn23)C1. The molecule has 0 bridgehead atoms. The van der Waals surface area contributed by atoms with E-state index in [0.717, 1.165) is 24.3 Å². The third-order valence-electron chi connectivity index (χ3n) is 5.92. The Morgan fingerprint density at radius 2 is 1.66 bits per heavy atom. The van der Waals surface area contributed by atoms with Gasteiger partial charge in [0.1, 0.15) is 5.82 Å². The summed E-state index contributed by atoms with van der Waals surface area (Å²) in [5, 5.41) is 9.20. The summed E-state index contributed by atoms with van der Waals surface area (Å²) in [6.07, 6.45) is 3.75. The summed E-state index contributed by atoms with van der Waals surface area (Å²) < 4.78 is 1.98. The van der Waals surface area contributed by atoms with Crippen LogP contribution < -0.4 is 0 Å². The predicted molar refractivity (Wildman–Crippen MR) is 122 cm³/mol. The molecule has 0 N–H and O–H groups in total. The Balaban J connectivity index is 1.42. The Morgan fingerprint density at radius 1 is 0.906 bits per heavy atom. The Bertz CT molecular complexity index is 1300. The Hall–Kier alpha value is -3.51. The van der Waals surface area contributed by atoms with E-state index in [0.29, 0.717) is 34.8 Å². The minimum Gasteiger partial charge on any atom is -0.338 e. The molecule has 32 heavy (non-hydrogen) atoms. The second-order valence-electron chi connectivity index (χ2n) is 7.96. The topological polar surface area (TPSA) is 67.6 Å². The molecular formula is C25H21ClN4O2. The zero-order valence-corrected chi connectivity index (χ0v) is 18.1. The van der Waals surface area contributed by atoms with Crippen molar-refractivity contribution in [3.63, 3.8) is 0 Å². The third kappa shape index (κ3) is 3.78. The van der Waals surface area contributed by atoms with Crippen LogP contribution in [0.2, 0.25) is 5.02 Å². The molecule has 1 fully saturated rings. The van der Waals surface area contributed by atoms with Gasteiger partial charge in [-0.1, -0.05) is 35.9 Å². The second kappa shape index (κ2) is 8.55. The number of halogens is 1. The molecule has 1 saturated heterocycles. The average molecular weight is 445 g/mol. The summed E-state index contributed by atoms with van der Waals surface area (Å²) in [6, 6.07) is 19.5. The summed E-state index contributed by atoms with van der Waals surface area (Å²) in [4.78, 5) is 28.5. The number of rotatable bonds is 4. The van der Waals surface area contributed by atoms with Gasteiger partial charge >= 0.3 is 0 Å². The standard InChI is InChI=1S/C25H21ClN4O2/c26-19-12-10-17(11-13-19)23(31)20-7-1-2-8-21(20)25(32)29-14-5-6-18(16-29)24-28-27-22-9-3-4-15-30(22)24/h1-4,7-13,15,18H,5-6,14,16H2. The van der Waals surface area contributed by atoms with E-state index < -0.39 is 0 Å². The summed E-state index contributed by atoms with van der Waals surface area (Å²) in [5.74, 6) is 0.622. The molecule has 4 aromatic rings. The molecule has 0 saturated carbocycles. The lowest BCUT2D eigenvalue weighted by Crippen LogP contribution is -2.40. The van der Waals surface area contributed by atoms with E-state index in [2.05, 4.69) is 10.2 Å². The number of nitrogens with zero attached hydrogens (tertiary/aromatic N) is 4. The van der Waals surface area contributed by atoms with Crippen LogP contribution in [0.1, 0.15) is 50.9 Å². The Morgan fingerprint density at radius 3 is 2.47 bits per heavy atom. The van der Waals surface area contributed by atoms with Gasteiger partial charge < -0.3 is 4.90 Å². The number of amides is 1. The molecule has 1 atom stereocenters. The molecule has 2 aromatic heterocycles. The number of benzene rings is 2. The van der Waals surface area contributed by atoms with Crippen molar-refractivity contribution in [2.24, 2.45) is 0 Å². The van der Waals surface area contributed by atoms with Crippen molar-refractivity contribution < 1.29 is 9.59 Å². The highest BCUT2D eigenvalue weighted by Gasteiger charge is 2.30. The minimum atomic E-state index is -0.192. The fraction of sp³-hybridized carbons (Fsp3) is 0.200. The van der Waals surface area contributed by atoms with Crippen molar-refractivity contribution in [1.29, 1.82) is 0 Å². The van der Waals surface area contributed by atoms with Crippen molar-refractivity contribution >= 4 is 28.9 Å². The molecule has 1 aliphatic heterocycles. The zero-order chi connectivity index (χ0) is 22.1. The number of ketones is 1. The quantitative estimate of drug-likeness (QED) is 0.430. The predicted octanol–water partition coefficient (Wildman–Crippen LogP) is 4.63. The van der Waals surface area contributed by atoms with Crippen LogP contribution >= 0.6 is 11.6 Å². The first-order chi connectivity index (χ1) is 15.6. The number of likely N-dealkylation sites (tertiary alicyclic amines) is 1. The van der Waals surface area contributed by atoms with Crippen LogP contribution in [0.5, 0.6) is 0 Å². The van der Waals surface area contributed by atoms with Gasteiger partial charge in [0.05, 0.1) is 5.56 Å². The maximum absolute atomic E-state index is 13.5. The van der Waals surface area contributed by atoms with Crippen molar-refractivity contribution in [2.75, 3.05) is 13.1 Å². The maximum Gasteiger partial charge on any atom is 0.254 e. The fourth-order valence-electron chi connectivity index (χ4n) is 4.31. The molecule has 0 spiro atoms. The highest BCUT2D eigenvalue weighted by Crippen LogP contribution is 2.28. The number of hydrogen-bond donors (Lipinski definition) is 0. The van der Waals surface area contributed by atoms with Gasteiger partial charge in [0.15, 0.2) is 11.4 Å². The molecule has 7 heteroatoms. The third-order valence-corrected chi connectivity index (χ3v) is 6.17. The van der Waals surface area contributed by atoms with Crippen molar-refractivity contribution in [1.82, 2.24) is 19.5 Å². The first-order valence-corrected chi connectivity index (χ1v) is 11.0. The van der Waals surface area contributed by atoms with E-state index in [1.54, 1.807) is 48.5 Å². The highest BCUT2D eigenvalue weighted by molar-refractivity contribution is 6.30. The molecule has 6 nitrogen and oxygen atoms in total. The number of carbonyl (C=O) groups excluding carboxylic acids is 2. The summed E-state index contributed by atoms with van der Waals surface area (Å²) in [5.41, 5.74) is 2.11. The second-order valence-corrected chi connectivity index (χ2v) is 8.40. The van der Waals surface area contributed by atoms with Crippen molar-refractivity contribution in [2.45, 2.75) is 18.8 Å². The fourth-order valence-corrected chi connectivity index (χ4v) is 4.43. The van der Waals surface area contributed by atoms with Crippen molar-refractivity contribution in [3.05, 3.63) is 100 Å². The molecule has 0 radical (unpaired) electrons. The number of pyridine rings is 1. The van der Waals surface area contributed by atoms with Gasteiger partial charge in [0.2, 0.25) is 0 Å². The molecule has 5 rings (SSSR count). The van der Waals surface area contributed by atoms with Gasteiger partial charge in [-0.3, -0.25) is 14.0 Å². The average Bonchev–Trinajstić information content (AvgIpc) is 3.28. The number of carbonyl (C=O) groups is 2. The van der Waals surface area contributed by atoms with Crippen molar-refractivity contribution in [3.8, 4) is 0 Å². The van der Waals surface area contributed by atoms with Gasteiger partial charge in [-0.2, -0.15) is 0 Å². The van der Waals surface area contributed by atoms with Crippen LogP contribution in [0, 0.1) is 0 Å². The molecule has 2 aromatic carbocycles. The van der Waals surface area contributed by atoms with Gasteiger partial charge in [-0.05, 0) is 55.3 Å². The minimum absolute atomic E-state index is 0.0872. The van der Waals surface area contributed by atoms with E-state index in [9.17, 15) is 9.59 Å². The van der Waals surface area contributed by atoms with Gasteiger partial charge in [0, 0.05) is 41.4 Å². The van der Waals surface area contributed by atoms with Gasteiger partial charge in [-0.25, -0.2) is 0 Å². The lowest BCUT2D eigenvalue weighted by atomic mass is 9.94. The number of hydrogen-bond acceptors (Lipinski definition) is 4. The van der Waals surface area contributed by atoms with E-state index in [1.165, 1.54) is 0 Å². The van der Waals surface area contributed by atoms with Crippen LogP contribution in [0.25, 0.3) is 5.65 Å². The number of piperidine rings is 1. The van der Waals surface area contributed by atoms with Crippen LogP contribution in [-0.2, 0) is 0 Å². The van der Waals surface area contributed by atoms with Crippen LogP contribution in [-0.4, -0.2) is 44.3 Å². The normalized spacial score (nSPS) is 16.3. The summed E-state index contributed by atoms with van der Waals surface area (Å²) in [7, 11) is 0. The van der Waals surface area contributed by atoms with Crippen LogP contribution in [0.4, 0.5) is 0 Å². The molecule has 1 unspecified atom stereocenters. The van der Waals surface area contributed by atoms with Gasteiger partial charge in [-0.15, -0.1) is 10.2 Å². The monoisotopic (exact) mass is 444 g/mol. The lowest BCUT2D eigenvalue weighted by Gasteiger charge is -2.32. The lowest BCUT2D eigenvalue weighted by molar-refractivity contribution is 0.0700. The zero-order valence-electron chi connectivity index (χ0n) is 17.3. The van der Waals surface area contributed by atoms with Crippen LogP contribution in [0.15, 0.2) is 72.9 Å². The molecule has 3 heterocycles. The maximum atomic E-state index is 13.5. The first kappa shape index (κ1) is 20.4. The largest absolute Gasteiger partial charge is 0.338 e. The molecular weight excluding hydrogens is 424 g/mol. The molecule has 0 aliphatic carbocycles. The van der Waals surface area contributed by atoms with E-state index in [1.807, 2.05) is 33.7 Å². The van der Waals surface area contributed by atoms with E-state index >= 15 is 0 Å². The van der Waals surface area contributed by atoms with E-state index in [-0.39, 0.29) is 17.6 Å². The number of fused-ring (bicyclic) bond motifs is 1. The Kier molecular flexibility index (Phi) is 5.45. The number of aromatic nitrogens is 3. The Labute approximate surface area is 190 Å². The smallest absolute Gasteiger partial charge is 0.254 e. The summed E-state index contributed by atoms with van der Waals surface area (Å²) in [6.45, 7) is 1.19. The van der Waals surface area contributed by atoms with Crippen LogP contribution in [0.3, 0.4) is 0 Å². The molecule has 160 valence electrons. The molecule has 1 amide bonds. The molecule has 1 aliphatic rings. The highest BCUT2D eigenvalue weighted by atomic mass is 35.5.